The molecule has 0 spiro atoms. The van der Waals surface area contributed by atoms with Crippen molar-refractivity contribution in [3.05, 3.63) is 42.2 Å². The number of rotatable bonds is 1. The van der Waals surface area contributed by atoms with Gasteiger partial charge in [0.2, 0.25) is 5.69 Å². The minimum Gasteiger partial charge on any atom is -0.424 e. The van der Waals surface area contributed by atoms with E-state index in [1.807, 2.05) is 37.0 Å². The summed E-state index contributed by atoms with van der Waals surface area (Å²) < 4.78 is 13.3. The second-order valence-electron chi connectivity index (χ2n) is 5.21. The number of aryl methyl sites for hydroxylation is 3. The summed E-state index contributed by atoms with van der Waals surface area (Å²) in [6.07, 6.45) is 5.55. The molecule has 4 aromatic rings. The first-order valence-corrected chi connectivity index (χ1v) is 6.74. The second kappa shape index (κ2) is 4.15. The van der Waals surface area contributed by atoms with E-state index in [-0.39, 0.29) is 0 Å². The number of hydrogen-bond acceptors (Lipinski definition) is 4. The van der Waals surface area contributed by atoms with Crippen molar-refractivity contribution < 1.29 is 13.4 Å². The van der Waals surface area contributed by atoms with E-state index in [1.165, 1.54) is 0 Å². The molecule has 0 saturated carbocycles. The zero-order valence-corrected chi connectivity index (χ0v) is 12.0. The molecule has 3 heterocycles. The number of furan rings is 1. The van der Waals surface area contributed by atoms with Crippen molar-refractivity contribution in [2.45, 2.75) is 13.8 Å². The molecule has 0 N–H and O–H groups in total. The van der Waals surface area contributed by atoms with Crippen LogP contribution in [-0.2, 0) is 7.05 Å². The average molecular weight is 280 g/mol. The van der Waals surface area contributed by atoms with Crippen LogP contribution in [0.2, 0.25) is 0 Å². The van der Waals surface area contributed by atoms with Gasteiger partial charge in [-0.3, -0.25) is 4.98 Å². The van der Waals surface area contributed by atoms with Crippen molar-refractivity contribution in [2.24, 2.45) is 7.05 Å². The van der Waals surface area contributed by atoms with E-state index in [4.69, 9.17) is 8.83 Å². The molecule has 0 bridgehead atoms. The van der Waals surface area contributed by atoms with Gasteiger partial charge < -0.3 is 8.83 Å². The van der Waals surface area contributed by atoms with E-state index >= 15 is 0 Å². The molecule has 0 aliphatic carbocycles. The molecule has 0 unspecified atom stereocenters. The molecule has 21 heavy (non-hydrogen) atoms. The summed E-state index contributed by atoms with van der Waals surface area (Å²) in [4.78, 5) is 8.59. The van der Waals surface area contributed by atoms with Crippen LogP contribution in [0.3, 0.4) is 0 Å². The van der Waals surface area contributed by atoms with Crippen LogP contribution in [0.25, 0.3) is 33.5 Å². The molecule has 104 valence electrons. The molecule has 3 aromatic heterocycles. The molecule has 0 amide bonds. The highest BCUT2D eigenvalue weighted by molar-refractivity contribution is 6.02. The highest BCUT2D eigenvalue weighted by atomic mass is 16.5. The number of aromatic nitrogens is 3. The van der Waals surface area contributed by atoms with Gasteiger partial charge in [0.05, 0.1) is 23.3 Å². The van der Waals surface area contributed by atoms with E-state index in [0.717, 1.165) is 33.3 Å². The highest BCUT2D eigenvalue weighted by Gasteiger charge is 2.18. The van der Waals surface area contributed by atoms with Crippen LogP contribution in [0.5, 0.6) is 0 Å². The number of fused-ring (bicyclic) bond motifs is 3. The Hall–Kier alpha value is -2.69. The van der Waals surface area contributed by atoms with Gasteiger partial charge in [0.15, 0.2) is 17.6 Å². The minimum absolute atomic E-state index is 0.481. The number of nitrogens with zero attached hydrogens (tertiary/aromatic N) is 3. The van der Waals surface area contributed by atoms with Crippen LogP contribution in [0, 0.1) is 13.8 Å². The Bertz CT molecular complexity index is 982. The van der Waals surface area contributed by atoms with Gasteiger partial charge >= 0.3 is 5.78 Å². The van der Waals surface area contributed by atoms with Gasteiger partial charge in [0.25, 0.3) is 0 Å². The molecule has 4 rings (SSSR count). The second-order valence-corrected chi connectivity index (χ2v) is 5.21. The van der Waals surface area contributed by atoms with Crippen LogP contribution in [0.15, 0.2) is 39.6 Å². The van der Waals surface area contributed by atoms with Crippen LogP contribution in [-0.4, -0.2) is 9.97 Å². The molecule has 0 aliphatic heterocycles. The Morgan fingerprint density at radius 3 is 2.81 bits per heavy atom. The quantitative estimate of drug-likeness (QED) is 0.503. The van der Waals surface area contributed by atoms with Gasteiger partial charge in [0.1, 0.15) is 12.6 Å². The molecule has 0 aliphatic rings. The zero-order chi connectivity index (χ0) is 14.6. The van der Waals surface area contributed by atoms with Gasteiger partial charge in [-0.15, -0.1) is 0 Å². The summed E-state index contributed by atoms with van der Waals surface area (Å²) >= 11 is 0. The maximum Gasteiger partial charge on any atom is 0.319 e. The smallest absolute Gasteiger partial charge is 0.319 e. The fourth-order valence-corrected chi connectivity index (χ4v) is 2.66. The third-order valence-corrected chi connectivity index (χ3v) is 3.72. The SMILES string of the molecule is Cc1nc2c(o1)oc1cc(-c3cncc[n+]3C)c(C)cc12. The van der Waals surface area contributed by atoms with Gasteiger partial charge in [-0.1, -0.05) is 0 Å². The zero-order valence-electron chi connectivity index (χ0n) is 12.0. The Morgan fingerprint density at radius 1 is 1.14 bits per heavy atom. The lowest BCUT2D eigenvalue weighted by atomic mass is 10.0. The maximum atomic E-state index is 5.77. The summed E-state index contributed by atoms with van der Waals surface area (Å²) in [5.41, 5.74) is 4.84. The van der Waals surface area contributed by atoms with E-state index in [1.54, 1.807) is 6.20 Å². The molecule has 0 radical (unpaired) electrons. The third-order valence-electron chi connectivity index (χ3n) is 3.72. The van der Waals surface area contributed by atoms with Crippen LogP contribution in [0.4, 0.5) is 0 Å². The fraction of sp³-hybridized carbons (Fsp3) is 0.188. The normalized spacial score (nSPS) is 11.6. The Balaban J connectivity index is 2.03. The largest absolute Gasteiger partial charge is 0.424 e. The van der Waals surface area contributed by atoms with Gasteiger partial charge in [-0.05, 0) is 24.6 Å². The van der Waals surface area contributed by atoms with Crippen molar-refractivity contribution in [1.29, 1.82) is 0 Å². The molecule has 0 saturated heterocycles. The fourth-order valence-electron chi connectivity index (χ4n) is 2.66. The third kappa shape index (κ3) is 1.74. The topological polar surface area (TPSA) is 55.9 Å². The number of oxazole rings is 1. The minimum atomic E-state index is 0.481. The summed E-state index contributed by atoms with van der Waals surface area (Å²) in [5, 5.41) is 0.981. The van der Waals surface area contributed by atoms with E-state index < -0.39 is 0 Å². The summed E-state index contributed by atoms with van der Waals surface area (Å²) in [7, 11) is 2.00. The first-order valence-electron chi connectivity index (χ1n) is 6.74. The Morgan fingerprint density at radius 2 is 2.00 bits per heavy atom. The summed E-state index contributed by atoms with van der Waals surface area (Å²) in [5.74, 6) is 1.10. The van der Waals surface area contributed by atoms with Crippen molar-refractivity contribution in [3.63, 3.8) is 0 Å². The van der Waals surface area contributed by atoms with Gasteiger partial charge in [0, 0.05) is 6.92 Å². The molecule has 1 aromatic carbocycles. The van der Waals surface area contributed by atoms with Gasteiger partial charge in [-0.25, -0.2) is 4.98 Å². The van der Waals surface area contributed by atoms with Crippen molar-refractivity contribution >= 4 is 22.3 Å². The van der Waals surface area contributed by atoms with Gasteiger partial charge in [-0.2, -0.15) is 4.57 Å². The Kier molecular flexibility index (Phi) is 2.39. The first-order chi connectivity index (χ1) is 10.1. The maximum absolute atomic E-state index is 5.77. The van der Waals surface area contributed by atoms with Crippen molar-refractivity contribution in [3.8, 4) is 11.3 Å². The standard InChI is InChI=1S/C16H14N3O2/c1-9-6-12-14(21-16-15(12)18-10(2)20-16)7-11(9)13-8-17-4-5-19(13)3/h4-8H,1-3H3/q+1. The number of benzene rings is 1. The monoisotopic (exact) mass is 280 g/mol. The lowest BCUT2D eigenvalue weighted by Gasteiger charge is -2.03. The predicted octanol–water partition coefficient (Wildman–Crippen LogP) is 3.08. The van der Waals surface area contributed by atoms with E-state index in [9.17, 15) is 0 Å². The molecule has 5 nitrogen and oxygen atoms in total. The Labute approximate surface area is 120 Å². The van der Waals surface area contributed by atoms with E-state index in [2.05, 4.69) is 23.0 Å². The molecular weight excluding hydrogens is 266 g/mol. The van der Waals surface area contributed by atoms with Crippen LogP contribution < -0.4 is 4.57 Å². The predicted molar refractivity (Wildman–Crippen MR) is 77.7 cm³/mol. The van der Waals surface area contributed by atoms with Crippen molar-refractivity contribution in [2.75, 3.05) is 0 Å². The number of hydrogen-bond donors (Lipinski definition) is 0. The average Bonchev–Trinajstić information content (AvgIpc) is 2.95. The van der Waals surface area contributed by atoms with Crippen LogP contribution in [0.1, 0.15) is 11.5 Å². The summed E-state index contributed by atoms with van der Waals surface area (Å²) in [6, 6.07) is 4.11. The lowest BCUT2D eigenvalue weighted by Crippen LogP contribution is -2.30. The highest BCUT2D eigenvalue weighted by Crippen LogP contribution is 2.33. The molecule has 0 fully saturated rings. The van der Waals surface area contributed by atoms with Crippen molar-refractivity contribution in [1.82, 2.24) is 9.97 Å². The first kappa shape index (κ1) is 12.1. The summed E-state index contributed by atoms with van der Waals surface area (Å²) in [6.45, 7) is 3.89. The molecular formula is C16H14N3O2+. The molecule has 0 atom stereocenters. The van der Waals surface area contributed by atoms with E-state index in [0.29, 0.717) is 11.7 Å². The lowest BCUT2D eigenvalue weighted by molar-refractivity contribution is -0.660. The van der Waals surface area contributed by atoms with Crippen LogP contribution >= 0.6 is 0 Å². The molecule has 5 heteroatoms.